The lowest BCUT2D eigenvalue weighted by molar-refractivity contribution is 0.273. The van der Waals surface area contributed by atoms with Gasteiger partial charge in [0.05, 0.1) is 0 Å². The van der Waals surface area contributed by atoms with Crippen LogP contribution in [0.4, 0.5) is 0 Å². The second-order valence-electron chi connectivity index (χ2n) is 5.79. The van der Waals surface area contributed by atoms with Gasteiger partial charge in [0.2, 0.25) is 0 Å². The molecular formula is C15H32N4. The number of rotatable bonds is 8. The lowest BCUT2D eigenvalue weighted by Gasteiger charge is -2.19. The Balaban J connectivity index is 2.05. The minimum Gasteiger partial charge on any atom is -0.370 e. The van der Waals surface area contributed by atoms with Crippen molar-refractivity contribution in [1.82, 2.24) is 4.90 Å². The Morgan fingerprint density at radius 2 is 2.00 bits per heavy atom. The largest absolute Gasteiger partial charge is 0.370 e. The average molecular weight is 268 g/mol. The number of hydrogen-bond donors (Lipinski definition) is 2. The first kappa shape index (κ1) is 16.3. The normalized spacial score (nSPS) is 21.0. The molecule has 1 heterocycles. The van der Waals surface area contributed by atoms with E-state index in [9.17, 15) is 0 Å². The molecule has 1 unspecified atom stereocenters. The fourth-order valence-corrected chi connectivity index (χ4v) is 2.98. The third kappa shape index (κ3) is 8.09. The first-order valence-electron chi connectivity index (χ1n) is 8.00. The summed E-state index contributed by atoms with van der Waals surface area (Å²) < 4.78 is 0. The molecule has 1 aliphatic rings. The first-order chi connectivity index (χ1) is 9.22. The van der Waals surface area contributed by atoms with Gasteiger partial charge in [-0.25, -0.2) is 0 Å². The Labute approximate surface area is 118 Å². The SMILES string of the molecule is CCCC1CCCN(CCCCCN=C(N)N)CC1. The van der Waals surface area contributed by atoms with Crippen LogP contribution in [0.3, 0.4) is 0 Å². The van der Waals surface area contributed by atoms with Crippen LogP contribution in [0, 0.1) is 5.92 Å². The summed E-state index contributed by atoms with van der Waals surface area (Å²) in [6.45, 7) is 6.94. The van der Waals surface area contributed by atoms with Gasteiger partial charge in [0.1, 0.15) is 0 Å². The molecule has 19 heavy (non-hydrogen) atoms. The summed E-state index contributed by atoms with van der Waals surface area (Å²) in [4.78, 5) is 6.66. The maximum Gasteiger partial charge on any atom is 0.185 e. The van der Waals surface area contributed by atoms with E-state index in [0.717, 1.165) is 18.9 Å². The van der Waals surface area contributed by atoms with Crippen molar-refractivity contribution in [2.24, 2.45) is 22.4 Å². The number of aliphatic imine (C=N–C) groups is 1. The second kappa shape index (κ2) is 10.1. The van der Waals surface area contributed by atoms with Gasteiger partial charge < -0.3 is 16.4 Å². The van der Waals surface area contributed by atoms with Gasteiger partial charge in [0.15, 0.2) is 5.96 Å². The second-order valence-corrected chi connectivity index (χ2v) is 5.79. The number of guanidine groups is 1. The van der Waals surface area contributed by atoms with Crippen molar-refractivity contribution in [2.45, 2.75) is 58.3 Å². The van der Waals surface area contributed by atoms with Gasteiger partial charge >= 0.3 is 0 Å². The van der Waals surface area contributed by atoms with Crippen molar-refractivity contribution in [3.05, 3.63) is 0 Å². The zero-order valence-corrected chi connectivity index (χ0v) is 12.6. The molecule has 4 heteroatoms. The van der Waals surface area contributed by atoms with Crippen molar-refractivity contribution in [1.29, 1.82) is 0 Å². The van der Waals surface area contributed by atoms with Crippen molar-refractivity contribution in [3.63, 3.8) is 0 Å². The molecule has 4 N–H and O–H groups in total. The number of hydrogen-bond acceptors (Lipinski definition) is 2. The lowest BCUT2D eigenvalue weighted by atomic mass is 9.96. The van der Waals surface area contributed by atoms with Crippen molar-refractivity contribution >= 4 is 5.96 Å². The lowest BCUT2D eigenvalue weighted by Crippen LogP contribution is -2.26. The summed E-state index contributed by atoms with van der Waals surface area (Å²) in [5.74, 6) is 1.20. The highest BCUT2D eigenvalue weighted by Crippen LogP contribution is 2.22. The summed E-state index contributed by atoms with van der Waals surface area (Å²) >= 11 is 0. The standard InChI is InChI=1S/C15H32N4/c1-2-7-14-8-6-12-19(13-9-14)11-5-3-4-10-18-15(16)17/h14H,2-13H2,1H3,(H4,16,17,18). The van der Waals surface area contributed by atoms with Gasteiger partial charge in [0, 0.05) is 6.54 Å². The third-order valence-electron chi connectivity index (χ3n) is 4.06. The molecule has 0 spiro atoms. The average Bonchev–Trinajstić information content (AvgIpc) is 2.59. The van der Waals surface area contributed by atoms with E-state index >= 15 is 0 Å². The smallest absolute Gasteiger partial charge is 0.185 e. The van der Waals surface area contributed by atoms with E-state index in [4.69, 9.17) is 11.5 Å². The van der Waals surface area contributed by atoms with Gasteiger partial charge in [-0.2, -0.15) is 0 Å². The monoisotopic (exact) mass is 268 g/mol. The van der Waals surface area contributed by atoms with Gasteiger partial charge in [0.25, 0.3) is 0 Å². The Kier molecular flexibility index (Phi) is 8.63. The quantitative estimate of drug-likeness (QED) is 0.403. The van der Waals surface area contributed by atoms with E-state index < -0.39 is 0 Å². The highest BCUT2D eigenvalue weighted by Gasteiger charge is 2.15. The molecule has 0 aliphatic carbocycles. The fourth-order valence-electron chi connectivity index (χ4n) is 2.98. The molecule has 0 aromatic rings. The molecule has 0 aromatic heterocycles. The molecule has 0 bridgehead atoms. The maximum atomic E-state index is 5.30. The van der Waals surface area contributed by atoms with Crippen LogP contribution < -0.4 is 11.5 Å². The molecular weight excluding hydrogens is 236 g/mol. The van der Waals surface area contributed by atoms with E-state index in [0.29, 0.717) is 0 Å². The van der Waals surface area contributed by atoms with E-state index in [1.807, 2.05) is 0 Å². The van der Waals surface area contributed by atoms with Crippen LogP contribution in [0.25, 0.3) is 0 Å². The zero-order valence-electron chi connectivity index (χ0n) is 12.6. The molecule has 0 aromatic carbocycles. The minimum absolute atomic E-state index is 0.217. The predicted molar refractivity (Wildman–Crippen MR) is 83.2 cm³/mol. The summed E-state index contributed by atoms with van der Waals surface area (Å²) in [7, 11) is 0. The highest BCUT2D eigenvalue weighted by molar-refractivity contribution is 5.75. The van der Waals surface area contributed by atoms with Crippen molar-refractivity contribution in [3.8, 4) is 0 Å². The molecule has 4 nitrogen and oxygen atoms in total. The van der Waals surface area contributed by atoms with Crippen LogP contribution in [0.5, 0.6) is 0 Å². The number of nitrogens with zero attached hydrogens (tertiary/aromatic N) is 2. The molecule has 1 atom stereocenters. The number of nitrogens with two attached hydrogens (primary N) is 2. The molecule has 0 saturated carbocycles. The molecule has 1 rings (SSSR count). The van der Waals surface area contributed by atoms with Crippen LogP contribution in [0.2, 0.25) is 0 Å². The van der Waals surface area contributed by atoms with Crippen LogP contribution in [-0.4, -0.2) is 37.0 Å². The van der Waals surface area contributed by atoms with Crippen LogP contribution in [-0.2, 0) is 0 Å². The zero-order chi connectivity index (χ0) is 13.9. The first-order valence-corrected chi connectivity index (χ1v) is 8.00. The Morgan fingerprint density at radius 3 is 2.74 bits per heavy atom. The van der Waals surface area contributed by atoms with E-state index in [1.54, 1.807) is 0 Å². The third-order valence-corrected chi connectivity index (χ3v) is 4.06. The molecule has 1 aliphatic heterocycles. The molecule has 112 valence electrons. The van der Waals surface area contributed by atoms with Gasteiger partial charge in [-0.1, -0.05) is 26.2 Å². The summed E-state index contributed by atoms with van der Waals surface area (Å²) in [6, 6.07) is 0. The fraction of sp³-hybridized carbons (Fsp3) is 0.933. The topological polar surface area (TPSA) is 67.6 Å². The van der Waals surface area contributed by atoms with Gasteiger partial charge in [-0.05, 0) is 57.7 Å². The van der Waals surface area contributed by atoms with Crippen LogP contribution in [0.15, 0.2) is 4.99 Å². The molecule has 1 saturated heterocycles. The minimum atomic E-state index is 0.217. The van der Waals surface area contributed by atoms with Gasteiger partial charge in [-0.3, -0.25) is 4.99 Å². The molecule has 0 amide bonds. The van der Waals surface area contributed by atoms with Crippen LogP contribution >= 0.6 is 0 Å². The van der Waals surface area contributed by atoms with Crippen molar-refractivity contribution in [2.75, 3.05) is 26.2 Å². The molecule has 0 radical (unpaired) electrons. The van der Waals surface area contributed by atoms with E-state index in [2.05, 4.69) is 16.8 Å². The van der Waals surface area contributed by atoms with Crippen molar-refractivity contribution < 1.29 is 0 Å². The summed E-state index contributed by atoms with van der Waals surface area (Å²) in [5.41, 5.74) is 10.6. The van der Waals surface area contributed by atoms with Crippen LogP contribution in [0.1, 0.15) is 58.3 Å². The summed E-state index contributed by atoms with van der Waals surface area (Å²) in [6.07, 6.45) is 10.6. The highest BCUT2D eigenvalue weighted by atomic mass is 15.1. The predicted octanol–water partition coefficient (Wildman–Crippen LogP) is 2.33. The maximum absolute atomic E-state index is 5.30. The summed E-state index contributed by atoms with van der Waals surface area (Å²) in [5, 5.41) is 0. The Morgan fingerprint density at radius 1 is 1.16 bits per heavy atom. The van der Waals surface area contributed by atoms with Gasteiger partial charge in [-0.15, -0.1) is 0 Å². The van der Waals surface area contributed by atoms with E-state index in [-0.39, 0.29) is 5.96 Å². The Bertz CT molecular complexity index is 249. The molecule has 1 fully saturated rings. The number of likely N-dealkylation sites (tertiary alicyclic amines) is 1. The van der Waals surface area contributed by atoms with E-state index in [1.165, 1.54) is 64.6 Å². The number of unbranched alkanes of at least 4 members (excludes halogenated alkanes) is 2. The Hall–Kier alpha value is -0.770.